The summed E-state index contributed by atoms with van der Waals surface area (Å²) in [7, 11) is 0. The fraction of sp³-hybridized carbons (Fsp3) is 0.881. The number of carboxylic acids is 2. The van der Waals surface area contributed by atoms with Gasteiger partial charge in [-0.2, -0.15) is 0 Å². The Hall–Kier alpha value is -2.89. The van der Waals surface area contributed by atoms with E-state index in [2.05, 4.69) is 24.5 Å². The normalized spacial score (nSPS) is 11.9. The van der Waals surface area contributed by atoms with Crippen LogP contribution in [-0.2, 0) is 23.9 Å². The van der Waals surface area contributed by atoms with Crippen LogP contribution in [0.3, 0.4) is 0 Å². The monoisotopic (exact) mass is 771 g/mol. The number of hydrogen-bond donors (Lipinski definition) is 7. The van der Waals surface area contributed by atoms with Gasteiger partial charge in [-0.1, -0.05) is 174 Å². The minimum Gasteiger partial charge on any atom is -0.481 e. The number of nitrogens with two attached hydrogens (primary N) is 1. The lowest BCUT2D eigenvalue weighted by molar-refractivity contribution is -0.152. The zero-order valence-corrected chi connectivity index (χ0v) is 34.4. The molecule has 2 unspecified atom stereocenters. The lowest BCUT2D eigenvalue weighted by Gasteiger charge is -2.18. The number of carboxylic acid groups (broad SMARTS) is 2. The maximum absolute atomic E-state index is 12.8. The SMILES string of the molecule is CCCCCCCCCCCCCCCCOC(=O)C(CCCNC(=N)N)NC(=O)CCCCCCCCCCCCCCC.O=C(O)CC(O)C(=O)O. The Balaban J connectivity index is 0. The van der Waals surface area contributed by atoms with E-state index in [1.807, 2.05) is 0 Å². The van der Waals surface area contributed by atoms with Crippen LogP contribution in [0.2, 0.25) is 0 Å². The fourth-order valence-electron chi connectivity index (χ4n) is 6.17. The molecule has 0 aromatic carbocycles. The highest BCUT2D eigenvalue weighted by molar-refractivity contribution is 5.84. The number of guanidine groups is 1. The minimum absolute atomic E-state index is 0.0731. The molecular weight excluding hydrogens is 688 g/mol. The first kappa shape index (κ1) is 53.2. The molecule has 0 aliphatic heterocycles. The van der Waals surface area contributed by atoms with Gasteiger partial charge in [0, 0.05) is 13.0 Å². The van der Waals surface area contributed by atoms with Crippen molar-refractivity contribution in [2.75, 3.05) is 13.2 Å². The van der Waals surface area contributed by atoms with Crippen molar-refractivity contribution in [1.82, 2.24) is 10.6 Å². The molecule has 0 heterocycles. The molecule has 0 saturated heterocycles. The standard InChI is InChI=1S/C38H76N4O3.C4H6O5/c1-3-5-7-9-11-13-15-17-19-21-23-25-27-29-34-45-37(44)35(31-30-33-41-38(39)40)42-36(43)32-28-26-24-22-20-18-16-14-12-10-8-6-4-2;5-2(4(8)9)1-3(6)7/h35H,3-34H2,1-2H3,(H,42,43)(H4,39,40,41);2,5H,1H2,(H,6,7)(H,8,9). The summed E-state index contributed by atoms with van der Waals surface area (Å²) in [6, 6.07) is -0.639. The number of esters is 1. The van der Waals surface area contributed by atoms with Crippen LogP contribution in [0.25, 0.3) is 0 Å². The predicted molar refractivity (Wildman–Crippen MR) is 219 cm³/mol. The summed E-state index contributed by atoms with van der Waals surface area (Å²) in [6.07, 6.45) is 33.6. The van der Waals surface area contributed by atoms with Gasteiger partial charge in [-0.25, -0.2) is 9.59 Å². The Kier molecular flexibility index (Phi) is 40.7. The summed E-state index contributed by atoms with van der Waals surface area (Å²) in [5.74, 6) is -3.34. The van der Waals surface area contributed by atoms with Crippen molar-refractivity contribution < 1.29 is 39.2 Å². The van der Waals surface area contributed by atoms with Gasteiger partial charge in [0.1, 0.15) is 6.04 Å². The van der Waals surface area contributed by atoms with Crippen LogP contribution in [0, 0.1) is 5.41 Å². The number of nitrogens with one attached hydrogen (secondary N) is 3. The van der Waals surface area contributed by atoms with E-state index in [-0.39, 0.29) is 17.8 Å². The minimum atomic E-state index is -1.79. The van der Waals surface area contributed by atoms with Crippen molar-refractivity contribution in [2.45, 2.75) is 225 Å². The zero-order valence-electron chi connectivity index (χ0n) is 34.4. The van der Waals surface area contributed by atoms with Crippen LogP contribution in [0.1, 0.15) is 213 Å². The highest BCUT2D eigenvalue weighted by atomic mass is 16.5. The van der Waals surface area contributed by atoms with E-state index in [9.17, 15) is 19.2 Å². The second-order valence-electron chi connectivity index (χ2n) is 14.8. The third-order valence-corrected chi connectivity index (χ3v) is 9.51. The summed E-state index contributed by atoms with van der Waals surface area (Å²) < 4.78 is 5.57. The summed E-state index contributed by atoms with van der Waals surface area (Å²) in [5.41, 5.74) is 5.37. The molecule has 0 saturated carbocycles. The Bertz CT molecular complexity index is 921. The molecular formula is C42H82N4O8. The molecule has 0 aliphatic rings. The largest absolute Gasteiger partial charge is 0.481 e. The van der Waals surface area contributed by atoms with Gasteiger partial charge >= 0.3 is 17.9 Å². The molecule has 54 heavy (non-hydrogen) atoms. The third-order valence-electron chi connectivity index (χ3n) is 9.51. The van der Waals surface area contributed by atoms with E-state index < -0.39 is 30.5 Å². The first-order valence-corrected chi connectivity index (χ1v) is 21.7. The lowest BCUT2D eigenvalue weighted by Crippen LogP contribution is -2.42. The van der Waals surface area contributed by atoms with Crippen molar-refractivity contribution >= 4 is 29.8 Å². The van der Waals surface area contributed by atoms with Crippen LogP contribution < -0.4 is 16.4 Å². The van der Waals surface area contributed by atoms with E-state index in [0.717, 1.165) is 25.7 Å². The molecule has 0 spiro atoms. The smallest absolute Gasteiger partial charge is 0.333 e. The van der Waals surface area contributed by atoms with Crippen LogP contribution >= 0.6 is 0 Å². The van der Waals surface area contributed by atoms with Gasteiger partial charge in [-0.05, 0) is 25.7 Å². The lowest BCUT2D eigenvalue weighted by atomic mass is 10.0. The number of aliphatic hydroxyl groups is 1. The molecule has 0 aliphatic carbocycles. The molecule has 2 atom stereocenters. The quantitative estimate of drug-likeness (QED) is 0.0137. The van der Waals surface area contributed by atoms with Crippen molar-refractivity contribution in [1.29, 1.82) is 5.41 Å². The van der Waals surface area contributed by atoms with Gasteiger partial charge in [0.15, 0.2) is 12.1 Å². The number of aliphatic carboxylic acids is 2. The average molecular weight is 771 g/mol. The van der Waals surface area contributed by atoms with Crippen LogP contribution in [-0.4, -0.2) is 70.4 Å². The van der Waals surface area contributed by atoms with Crippen LogP contribution in [0.15, 0.2) is 0 Å². The van der Waals surface area contributed by atoms with E-state index in [1.165, 1.54) is 148 Å². The van der Waals surface area contributed by atoms with E-state index in [4.69, 9.17) is 31.2 Å². The highest BCUT2D eigenvalue weighted by Gasteiger charge is 2.22. The molecule has 0 aromatic heterocycles. The number of unbranched alkanes of at least 4 members (excludes halogenated alkanes) is 25. The Labute approximate surface area is 328 Å². The van der Waals surface area contributed by atoms with Crippen molar-refractivity contribution in [3.63, 3.8) is 0 Å². The molecule has 318 valence electrons. The Morgan fingerprint density at radius 1 is 0.611 bits per heavy atom. The first-order valence-electron chi connectivity index (χ1n) is 21.7. The second kappa shape index (κ2) is 41.3. The van der Waals surface area contributed by atoms with Crippen molar-refractivity contribution in [3.8, 4) is 0 Å². The molecule has 12 nitrogen and oxygen atoms in total. The predicted octanol–water partition coefficient (Wildman–Crippen LogP) is 9.15. The van der Waals surface area contributed by atoms with E-state index >= 15 is 0 Å². The molecule has 12 heteroatoms. The van der Waals surface area contributed by atoms with Crippen LogP contribution in [0.4, 0.5) is 0 Å². The van der Waals surface area contributed by atoms with Crippen molar-refractivity contribution in [3.05, 3.63) is 0 Å². The molecule has 0 aromatic rings. The third kappa shape index (κ3) is 41.9. The molecule has 0 radical (unpaired) electrons. The number of hydrogen-bond acceptors (Lipinski definition) is 7. The molecule has 0 fully saturated rings. The average Bonchev–Trinajstić information content (AvgIpc) is 3.12. The Morgan fingerprint density at radius 2 is 1.00 bits per heavy atom. The summed E-state index contributed by atoms with van der Waals surface area (Å²) in [4.78, 5) is 44.8. The molecule has 0 rings (SSSR count). The summed E-state index contributed by atoms with van der Waals surface area (Å²) in [5, 5.41) is 37.2. The van der Waals surface area contributed by atoms with Gasteiger partial charge < -0.3 is 36.4 Å². The Morgan fingerprint density at radius 3 is 1.35 bits per heavy atom. The second-order valence-corrected chi connectivity index (χ2v) is 14.8. The molecule has 8 N–H and O–H groups in total. The van der Waals surface area contributed by atoms with Crippen molar-refractivity contribution in [2.24, 2.45) is 5.73 Å². The maximum atomic E-state index is 12.8. The van der Waals surface area contributed by atoms with Gasteiger partial charge in [0.25, 0.3) is 0 Å². The molecule has 1 amide bonds. The molecule has 0 bridgehead atoms. The number of amides is 1. The fourth-order valence-corrected chi connectivity index (χ4v) is 6.17. The van der Waals surface area contributed by atoms with Gasteiger partial charge in [-0.3, -0.25) is 15.0 Å². The van der Waals surface area contributed by atoms with E-state index in [0.29, 0.717) is 32.4 Å². The van der Waals surface area contributed by atoms with Gasteiger partial charge in [0.05, 0.1) is 13.0 Å². The zero-order chi connectivity index (χ0) is 40.5. The van der Waals surface area contributed by atoms with E-state index in [1.54, 1.807) is 0 Å². The van der Waals surface area contributed by atoms with Crippen LogP contribution in [0.5, 0.6) is 0 Å². The topological polar surface area (TPSA) is 212 Å². The van der Waals surface area contributed by atoms with Gasteiger partial charge in [-0.15, -0.1) is 0 Å². The summed E-state index contributed by atoms with van der Waals surface area (Å²) in [6.45, 7) is 5.44. The number of carbonyl (C=O) groups is 4. The number of rotatable bonds is 38. The van der Waals surface area contributed by atoms with Gasteiger partial charge in [0.2, 0.25) is 5.91 Å². The summed E-state index contributed by atoms with van der Waals surface area (Å²) >= 11 is 0. The number of ether oxygens (including phenoxy) is 1. The number of aliphatic hydroxyl groups excluding tert-OH is 1. The number of carbonyl (C=O) groups excluding carboxylic acids is 2. The maximum Gasteiger partial charge on any atom is 0.333 e. The first-order chi connectivity index (χ1) is 26.0. The highest BCUT2D eigenvalue weighted by Crippen LogP contribution is 2.15.